The van der Waals surface area contributed by atoms with Crippen molar-refractivity contribution < 1.29 is 14.2 Å². The fourth-order valence-corrected chi connectivity index (χ4v) is 2.71. The van der Waals surface area contributed by atoms with Crippen LogP contribution in [0.1, 0.15) is 37.7 Å². The Morgan fingerprint density at radius 1 is 1.32 bits per heavy atom. The lowest BCUT2D eigenvalue weighted by Crippen LogP contribution is -2.20. The maximum absolute atomic E-state index is 13.3. The molecule has 3 N–H and O–H groups in total. The van der Waals surface area contributed by atoms with E-state index in [0.717, 1.165) is 6.42 Å². The van der Waals surface area contributed by atoms with Crippen molar-refractivity contribution in [3.05, 3.63) is 29.6 Å². The predicted molar refractivity (Wildman–Crippen MR) is 72.4 cm³/mol. The van der Waals surface area contributed by atoms with E-state index < -0.39 is 6.10 Å². The summed E-state index contributed by atoms with van der Waals surface area (Å²) in [4.78, 5) is 0. The van der Waals surface area contributed by atoms with Crippen LogP contribution in [0.4, 0.5) is 4.39 Å². The molecule has 19 heavy (non-hydrogen) atoms. The normalized spacial score (nSPS) is 17.6. The third kappa shape index (κ3) is 4.48. The zero-order chi connectivity index (χ0) is 13.7. The van der Waals surface area contributed by atoms with Gasteiger partial charge in [-0.3, -0.25) is 0 Å². The van der Waals surface area contributed by atoms with Gasteiger partial charge < -0.3 is 15.6 Å². The standard InChI is InChI=1S/C15H22FNO2/c16-13-5-12(9-17)7-15(8-13)19-10-14(18)6-11-3-1-2-4-11/h5,7-8,11,14,18H,1-4,6,9-10,17H2. The summed E-state index contributed by atoms with van der Waals surface area (Å²) in [6.45, 7) is 0.489. The second-order valence-electron chi connectivity index (χ2n) is 5.35. The van der Waals surface area contributed by atoms with E-state index in [2.05, 4.69) is 0 Å². The number of aliphatic hydroxyl groups is 1. The lowest BCUT2D eigenvalue weighted by Gasteiger charge is -2.16. The van der Waals surface area contributed by atoms with Gasteiger partial charge in [0.2, 0.25) is 0 Å². The highest BCUT2D eigenvalue weighted by Crippen LogP contribution is 2.28. The number of ether oxygens (including phenoxy) is 1. The zero-order valence-corrected chi connectivity index (χ0v) is 11.1. The van der Waals surface area contributed by atoms with E-state index in [4.69, 9.17) is 10.5 Å². The SMILES string of the molecule is NCc1cc(F)cc(OCC(O)CC2CCCC2)c1. The van der Waals surface area contributed by atoms with Crippen molar-refractivity contribution in [1.82, 2.24) is 0 Å². The summed E-state index contributed by atoms with van der Waals surface area (Å²) in [7, 11) is 0. The van der Waals surface area contributed by atoms with Crippen molar-refractivity contribution >= 4 is 0 Å². The van der Waals surface area contributed by atoms with Gasteiger partial charge in [0.15, 0.2) is 0 Å². The molecule has 1 aromatic rings. The Bertz CT molecular complexity index is 405. The molecule has 1 aromatic carbocycles. The molecule has 0 aliphatic heterocycles. The first-order chi connectivity index (χ1) is 9.17. The van der Waals surface area contributed by atoms with E-state index in [0.29, 0.717) is 17.2 Å². The molecular weight excluding hydrogens is 245 g/mol. The molecule has 0 bridgehead atoms. The highest BCUT2D eigenvalue weighted by Gasteiger charge is 2.19. The maximum atomic E-state index is 13.3. The van der Waals surface area contributed by atoms with E-state index in [-0.39, 0.29) is 19.0 Å². The minimum atomic E-state index is -0.479. The minimum absolute atomic E-state index is 0.212. The van der Waals surface area contributed by atoms with Crippen LogP contribution in [0.3, 0.4) is 0 Å². The van der Waals surface area contributed by atoms with Gasteiger partial charge in [0.05, 0.1) is 6.10 Å². The third-order valence-electron chi connectivity index (χ3n) is 3.69. The predicted octanol–water partition coefficient (Wildman–Crippen LogP) is 2.60. The van der Waals surface area contributed by atoms with Crippen molar-refractivity contribution in [2.45, 2.75) is 44.8 Å². The first-order valence-electron chi connectivity index (χ1n) is 6.98. The molecular formula is C15H22FNO2. The van der Waals surface area contributed by atoms with Crippen molar-refractivity contribution in [3.63, 3.8) is 0 Å². The van der Waals surface area contributed by atoms with Gasteiger partial charge in [0.25, 0.3) is 0 Å². The third-order valence-corrected chi connectivity index (χ3v) is 3.69. The van der Waals surface area contributed by atoms with Gasteiger partial charge in [-0.2, -0.15) is 0 Å². The molecule has 1 fully saturated rings. The summed E-state index contributed by atoms with van der Waals surface area (Å²) in [5.41, 5.74) is 6.18. The van der Waals surface area contributed by atoms with Crippen molar-refractivity contribution in [2.24, 2.45) is 11.7 Å². The zero-order valence-electron chi connectivity index (χ0n) is 11.1. The van der Waals surface area contributed by atoms with Crippen LogP contribution in [0.5, 0.6) is 5.75 Å². The molecule has 1 saturated carbocycles. The number of rotatable bonds is 6. The molecule has 0 aromatic heterocycles. The second-order valence-corrected chi connectivity index (χ2v) is 5.35. The quantitative estimate of drug-likeness (QED) is 0.833. The number of nitrogens with two attached hydrogens (primary N) is 1. The molecule has 0 saturated heterocycles. The summed E-state index contributed by atoms with van der Waals surface area (Å²) in [6.07, 6.45) is 5.24. The molecule has 1 aliphatic rings. The lowest BCUT2D eigenvalue weighted by atomic mass is 10.0. The van der Waals surface area contributed by atoms with E-state index in [1.165, 1.54) is 37.8 Å². The monoisotopic (exact) mass is 267 g/mol. The van der Waals surface area contributed by atoms with Crippen molar-refractivity contribution in [3.8, 4) is 5.75 Å². The maximum Gasteiger partial charge on any atom is 0.127 e. The smallest absolute Gasteiger partial charge is 0.127 e. The molecule has 0 amide bonds. The van der Waals surface area contributed by atoms with Gasteiger partial charge in [-0.05, 0) is 30.0 Å². The Morgan fingerprint density at radius 3 is 2.74 bits per heavy atom. The summed E-state index contributed by atoms with van der Waals surface area (Å²) in [5, 5.41) is 9.92. The average Bonchev–Trinajstić information content (AvgIpc) is 2.88. The first kappa shape index (κ1) is 14.3. The van der Waals surface area contributed by atoms with Crippen LogP contribution in [-0.4, -0.2) is 17.8 Å². The average molecular weight is 267 g/mol. The van der Waals surface area contributed by atoms with Gasteiger partial charge in [-0.15, -0.1) is 0 Å². The Labute approximate surface area is 113 Å². The molecule has 4 heteroatoms. The number of benzene rings is 1. The molecule has 1 aliphatic carbocycles. The van der Waals surface area contributed by atoms with E-state index in [1.807, 2.05) is 0 Å². The molecule has 1 atom stereocenters. The molecule has 3 nitrogen and oxygen atoms in total. The van der Waals surface area contributed by atoms with E-state index >= 15 is 0 Å². The van der Waals surface area contributed by atoms with Crippen LogP contribution in [0.25, 0.3) is 0 Å². The van der Waals surface area contributed by atoms with Crippen LogP contribution >= 0.6 is 0 Å². The Balaban J connectivity index is 1.82. The Hall–Kier alpha value is -1.13. The van der Waals surface area contributed by atoms with Gasteiger partial charge in [-0.25, -0.2) is 4.39 Å². The van der Waals surface area contributed by atoms with Crippen LogP contribution in [0, 0.1) is 11.7 Å². The van der Waals surface area contributed by atoms with Gasteiger partial charge >= 0.3 is 0 Å². The number of hydrogen-bond acceptors (Lipinski definition) is 3. The Kier molecular flexibility index (Phi) is 5.16. The fourth-order valence-electron chi connectivity index (χ4n) is 2.71. The molecule has 0 spiro atoms. The van der Waals surface area contributed by atoms with Crippen molar-refractivity contribution in [1.29, 1.82) is 0 Å². The largest absolute Gasteiger partial charge is 0.491 e. The topological polar surface area (TPSA) is 55.5 Å². The molecule has 106 valence electrons. The van der Waals surface area contributed by atoms with E-state index in [9.17, 15) is 9.50 Å². The molecule has 2 rings (SSSR count). The van der Waals surface area contributed by atoms with Crippen LogP contribution in [-0.2, 0) is 6.54 Å². The lowest BCUT2D eigenvalue weighted by molar-refractivity contribution is 0.0853. The van der Waals surface area contributed by atoms with Gasteiger partial charge in [0.1, 0.15) is 18.2 Å². The summed E-state index contributed by atoms with van der Waals surface area (Å²) < 4.78 is 18.7. The molecule has 1 unspecified atom stereocenters. The summed E-state index contributed by atoms with van der Waals surface area (Å²) in [5.74, 6) is 0.694. The highest BCUT2D eigenvalue weighted by atomic mass is 19.1. The van der Waals surface area contributed by atoms with Crippen LogP contribution in [0.15, 0.2) is 18.2 Å². The van der Waals surface area contributed by atoms with Crippen molar-refractivity contribution in [2.75, 3.05) is 6.61 Å². The number of aliphatic hydroxyl groups excluding tert-OH is 1. The second kappa shape index (κ2) is 6.87. The molecule has 0 heterocycles. The minimum Gasteiger partial charge on any atom is -0.491 e. The Morgan fingerprint density at radius 2 is 2.05 bits per heavy atom. The van der Waals surface area contributed by atoms with Crippen LogP contribution in [0.2, 0.25) is 0 Å². The summed E-state index contributed by atoms with van der Waals surface area (Å²) in [6, 6.07) is 4.43. The van der Waals surface area contributed by atoms with E-state index in [1.54, 1.807) is 6.07 Å². The number of hydrogen-bond donors (Lipinski definition) is 2. The fraction of sp³-hybridized carbons (Fsp3) is 0.600. The van der Waals surface area contributed by atoms with Gasteiger partial charge in [0, 0.05) is 12.6 Å². The van der Waals surface area contributed by atoms with Crippen LogP contribution < -0.4 is 10.5 Å². The first-order valence-corrected chi connectivity index (χ1v) is 6.98. The summed E-state index contributed by atoms with van der Waals surface area (Å²) >= 11 is 0. The highest BCUT2D eigenvalue weighted by molar-refractivity contribution is 5.29. The molecule has 0 radical (unpaired) electrons. The van der Waals surface area contributed by atoms with Gasteiger partial charge in [-0.1, -0.05) is 25.7 Å². The number of halogens is 1.